The van der Waals surface area contributed by atoms with E-state index in [1.165, 1.54) is 0 Å². The molecule has 0 spiro atoms. The van der Waals surface area contributed by atoms with Crippen molar-refractivity contribution in [1.29, 1.82) is 0 Å². The number of nitrogens with one attached hydrogen (secondary N) is 1. The molecule has 5 nitrogen and oxygen atoms in total. The summed E-state index contributed by atoms with van der Waals surface area (Å²) in [7, 11) is 0. The van der Waals surface area contributed by atoms with Crippen LogP contribution in [0, 0.1) is 5.92 Å². The van der Waals surface area contributed by atoms with E-state index in [-0.39, 0.29) is 18.4 Å². The number of carbonyl (C=O) groups excluding carboxylic acids is 2. The highest BCUT2D eigenvalue weighted by molar-refractivity contribution is 5.86. The molecule has 22 heavy (non-hydrogen) atoms. The molecule has 0 saturated heterocycles. The van der Waals surface area contributed by atoms with Gasteiger partial charge in [0.15, 0.2) is 0 Å². The van der Waals surface area contributed by atoms with Crippen LogP contribution in [0.3, 0.4) is 0 Å². The normalized spacial score (nSPS) is 15.0. The zero-order valence-corrected chi connectivity index (χ0v) is 13.0. The summed E-state index contributed by atoms with van der Waals surface area (Å²) in [5.74, 6) is -0.0750. The number of nitrogens with zero attached hydrogens (tertiary/aromatic N) is 1. The largest absolute Gasteiger partial charge is 0.445 e. The molecule has 0 aromatic heterocycles. The second kappa shape index (κ2) is 7.64. The van der Waals surface area contributed by atoms with Gasteiger partial charge in [-0.1, -0.05) is 56.3 Å². The van der Waals surface area contributed by atoms with E-state index < -0.39 is 12.1 Å². The Bertz CT molecular complexity index is 532. The maximum absolute atomic E-state index is 12.4. The third-order valence-electron chi connectivity index (χ3n) is 3.55. The molecule has 5 heteroatoms. The fourth-order valence-electron chi connectivity index (χ4n) is 2.26. The monoisotopic (exact) mass is 302 g/mol. The fourth-order valence-corrected chi connectivity index (χ4v) is 2.26. The van der Waals surface area contributed by atoms with Gasteiger partial charge in [0.05, 0.1) is 0 Å². The first-order valence-corrected chi connectivity index (χ1v) is 7.49. The molecule has 0 bridgehead atoms. The second-order valence-corrected chi connectivity index (χ2v) is 5.64. The minimum Gasteiger partial charge on any atom is -0.445 e. The second-order valence-electron chi connectivity index (χ2n) is 5.64. The molecule has 118 valence electrons. The van der Waals surface area contributed by atoms with Crippen LogP contribution in [0.25, 0.3) is 0 Å². The zero-order valence-electron chi connectivity index (χ0n) is 13.0. The Labute approximate surface area is 130 Å². The summed E-state index contributed by atoms with van der Waals surface area (Å²) in [5.41, 5.74) is 0.911. The summed E-state index contributed by atoms with van der Waals surface area (Å²) in [6.07, 6.45) is 3.33. The molecule has 1 aliphatic rings. The smallest absolute Gasteiger partial charge is 0.408 e. The van der Waals surface area contributed by atoms with E-state index >= 15 is 0 Å². The molecule has 1 aromatic carbocycles. The number of hydrogen-bond acceptors (Lipinski definition) is 3. The number of carbonyl (C=O) groups is 2. The number of amides is 2. The molecule has 2 rings (SSSR count). The molecule has 0 aliphatic carbocycles. The summed E-state index contributed by atoms with van der Waals surface area (Å²) in [6.45, 7) is 5.20. The molecule has 1 heterocycles. The van der Waals surface area contributed by atoms with Crippen molar-refractivity contribution >= 4 is 12.0 Å². The van der Waals surface area contributed by atoms with Crippen molar-refractivity contribution in [1.82, 2.24) is 10.2 Å². The van der Waals surface area contributed by atoms with Gasteiger partial charge in [-0.15, -0.1) is 0 Å². The van der Waals surface area contributed by atoms with Crippen LogP contribution in [0.4, 0.5) is 4.79 Å². The average molecular weight is 302 g/mol. The van der Waals surface area contributed by atoms with E-state index in [2.05, 4.69) is 5.32 Å². The van der Waals surface area contributed by atoms with Gasteiger partial charge in [0.2, 0.25) is 5.91 Å². The third-order valence-corrected chi connectivity index (χ3v) is 3.55. The molecular weight excluding hydrogens is 280 g/mol. The Morgan fingerprint density at radius 1 is 1.18 bits per heavy atom. The van der Waals surface area contributed by atoms with Crippen molar-refractivity contribution in [3.63, 3.8) is 0 Å². The standard InChI is InChI=1S/C17H22N2O3/c1-13(2)15(16(20)19-10-6-7-11-19)18-17(21)22-12-14-8-4-3-5-9-14/h3-9,13,15H,10-12H2,1-2H3,(H,18,21)/t15-/m0/s1. The Morgan fingerprint density at radius 2 is 1.82 bits per heavy atom. The first kappa shape index (κ1) is 16.1. The summed E-state index contributed by atoms with van der Waals surface area (Å²) in [5, 5.41) is 2.68. The first-order chi connectivity index (χ1) is 10.6. The number of benzene rings is 1. The number of ether oxygens (including phenoxy) is 1. The van der Waals surface area contributed by atoms with E-state index in [0.29, 0.717) is 13.1 Å². The maximum atomic E-state index is 12.4. The van der Waals surface area contributed by atoms with Crippen LogP contribution in [0.15, 0.2) is 42.5 Å². The Hall–Kier alpha value is -2.30. The predicted octanol–water partition coefficient (Wildman–Crippen LogP) is 2.34. The van der Waals surface area contributed by atoms with E-state index in [4.69, 9.17) is 4.74 Å². The Kier molecular flexibility index (Phi) is 5.58. The molecule has 1 atom stereocenters. The molecule has 0 unspecified atom stereocenters. The van der Waals surface area contributed by atoms with Crippen molar-refractivity contribution in [2.24, 2.45) is 5.92 Å². The fraction of sp³-hybridized carbons (Fsp3) is 0.412. The minimum atomic E-state index is -0.567. The summed E-state index contributed by atoms with van der Waals surface area (Å²) in [4.78, 5) is 26.1. The molecular formula is C17H22N2O3. The lowest BCUT2D eigenvalue weighted by Gasteiger charge is -2.26. The van der Waals surface area contributed by atoms with Crippen LogP contribution in [-0.4, -0.2) is 36.0 Å². The minimum absolute atomic E-state index is 0.00243. The molecule has 1 aromatic rings. The highest BCUT2D eigenvalue weighted by atomic mass is 16.5. The highest BCUT2D eigenvalue weighted by Gasteiger charge is 2.29. The zero-order chi connectivity index (χ0) is 15.9. The number of rotatable bonds is 5. The van der Waals surface area contributed by atoms with Crippen LogP contribution >= 0.6 is 0 Å². The summed E-state index contributed by atoms with van der Waals surface area (Å²) < 4.78 is 5.19. The lowest BCUT2D eigenvalue weighted by atomic mass is 10.0. The quantitative estimate of drug-likeness (QED) is 0.849. The molecule has 1 aliphatic heterocycles. The van der Waals surface area contributed by atoms with Gasteiger partial charge < -0.3 is 15.0 Å². The van der Waals surface area contributed by atoms with E-state index in [1.807, 2.05) is 56.3 Å². The molecule has 0 fully saturated rings. The number of alkyl carbamates (subject to hydrolysis) is 1. The predicted molar refractivity (Wildman–Crippen MR) is 84.1 cm³/mol. The van der Waals surface area contributed by atoms with Gasteiger partial charge in [-0.2, -0.15) is 0 Å². The summed E-state index contributed by atoms with van der Waals surface area (Å²) in [6, 6.07) is 8.88. The van der Waals surface area contributed by atoms with Crippen LogP contribution < -0.4 is 5.32 Å². The summed E-state index contributed by atoms with van der Waals surface area (Å²) >= 11 is 0. The van der Waals surface area contributed by atoms with Gasteiger partial charge in [0, 0.05) is 13.1 Å². The SMILES string of the molecule is CC(C)[C@H](NC(=O)OCc1ccccc1)C(=O)N1CC=CC1. The molecule has 0 radical (unpaired) electrons. The van der Waals surface area contributed by atoms with Crippen LogP contribution in [0.2, 0.25) is 0 Å². The first-order valence-electron chi connectivity index (χ1n) is 7.49. The lowest BCUT2D eigenvalue weighted by Crippen LogP contribution is -2.50. The van der Waals surface area contributed by atoms with Gasteiger partial charge in [-0.05, 0) is 11.5 Å². The van der Waals surface area contributed by atoms with E-state index in [0.717, 1.165) is 5.56 Å². The van der Waals surface area contributed by atoms with Crippen molar-refractivity contribution < 1.29 is 14.3 Å². The van der Waals surface area contributed by atoms with Crippen molar-refractivity contribution in [2.45, 2.75) is 26.5 Å². The Morgan fingerprint density at radius 3 is 2.41 bits per heavy atom. The van der Waals surface area contributed by atoms with Crippen molar-refractivity contribution in [3.05, 3.63) is 48.0 Å². The van der Waals surface area contributed by atoms with Crippen LogP contribution in [0.5, 0.6) is 0 Å². The van der Waals surface area contributed by atoms with E-state index in [1.54, 1.807) is 4.90 Å². The molecule has 2 amide bonds. The average Bonchev–Trinajstić information content (AvgIpc) is 3.05. The van der Waals surface area contributed by atoms with Gasteiger partial charge in [0.25, 0.3) is 0 Å². The van der Waals surface area contributed by atoms with E-state index in [9.17, 15) is 9.59 Å². The topological polar surface area (TPSA) is 58.6 Å². The van der Waals surface area contributed by atoms with Gasteiger partial charge in [-0.25, -0.2) is 4.79 Å². The third kappa shape index (κ3) is 4.35. The maximum Gasteiger partial charge on any atom is 0.408 e. The van der Waals surface area contributed by atoms with Crippen LogP contribution in [0.1, 0.15) is 19.4 Å². The molecule has 1 N–H and O–H groups in total. The Balaban J connectivity index is 1.87. The van der Waals surface area contributed by atoms with Crippen molar-refractivity contribution in [3.8, 4) is 0 Å². The molecule has 0 saturated carbocycles. The number of hydrogen-bond donors (Lipinski definition) is 1. The van der Waals surface area contributed by atoms with Crippen molar-refractivity contribution in [2.75, 3.05) is 13.1 Å². The van der Waals surface area contributed by atoms with Gasteiger partial charge in [0.1, 0.15) is 12.6 Å². The highest BCUT2D eigenvalue weighted by Crippen LogP contribution is 2.10. The van der Waals surface area contributed by atoms with Gasteiger partial charge >= 0.3 is 6.09 Å². The van der Waals surface area contributed by atoms with Crippen LogP contribution in [-0.2, 0) is 16.1 Å². The van der Waals surface area contributed by atoms with Gasteiger partial charge in [-0.3, -0.25) is 4.79 Å². The lowest BCUT2D eigenvalue weighted by molar-refractivity contribution is -0.133.